The summed E-state index contributed by atoms with van der Waals surface area (Å²) < 4.78 is 5.70. The SMILES string of the molecule is CCNC(=NCc1ccc(O)cc1)N1CCC(OCC)CC1.I. The first-order valence-corrected chi connectivity index (χ1v) is 8.15. The van der Waals surface area contributed by atoms with Crippen LogP contribution in [0.3, 0.4) is 0 Å². The number of benzene rings is 1. The lowest BCUT2D eigenvalue weighted by molar-refractivity contribution is 0.0263. The van der Waals surface area contributed by atoms with E-state index in [1.54, 1.807) is 12.1 Å². The number of hydrogen-bond acceptors (Lipinski definition) is 3. The van der Waals surface area contributed by atoms with Crippen molar-refractivity contribution in [2.24, 2.45) is 4.99 Å². The van der Waals surface area contributed by atoms with Gasteiger partial charge in [0, 0.05) is 26.2 Å². The molecule has 0 amide bonds. The van der Waals surface area contributed by atoms with E-state index >= 15 is 0 Å². The van der Waals surface area contributed by atoms with Crippen molar-refractivity contribution in [3.8, 4) is 5.75 Å². The van der Waals surface area contributed by atoms with Crippen LogP contribution in [0.1, 0.15) is 32.3 Å². The summed E-state index contributed by atoms with van der Waals surface area (Å²) in [5.74, 6) is 1.25. The number of hydrogen-bond donors (Lipinski definition) is 2. The number of ether oxygens (including phenoxy) is 1. The molecule has 0 saturated carbocycles. The summed E-state index contributed by atoms with van der Waals surface area (Å²) in [6.45, 7) is 8.37. The van der Waals surface area contributed by atoms with E-state index in [1.807, 2.05) is 12.1 Å². The Kier molecular flexibility index (Phi) is 9.31. The average molecular weight is 433 g/mol. The summed E-state index contributed by atoms with van der Waals surface area (Å²) in [5, 5.41) is 12.7. The van der Waals surface area contributed by atoms with Gasteiger partial charge in [0.25, 0.3) is 0 Å². The molecule has 0 aliphatic carbocycles. The van der Waals surface area contributed by atoms with Crippen molar-refractivity contribution in [2.75, 3.05) is 26.2 Å². The Labute approximate surface area is 156 Å². The number of phenols is 1. The average Bonchev–Trinajstić information content (AvgIpc) is 2.54. The number of piperidine rings is 1. The van der Waals surface area contributed by atoms with Crippen LogP contribution in [0.4, 0.5) is 0 Å². The number of phenolic OH excluding ortho intramolecular Hbond substituents is 1. The number of nitrogens with zero attached hydrogens (tertiary/aromatic N) is 2. The van der Waals surface area contributed by atoms with Crippen molar-refractivity contribution in [3.05, 3.63) is 29.8 Å². The fraction of sp³-hybridized carbons (Fsp3) is 0.588. The van der Waals surface area contributed by atoms with Crippen molar-refractivity contribution < 1.29 is 9.84 Å². The molecule has 1 aromatic carbocycles. The lowest BCUT2D eigenvalue weighted by Crippen LogP contribution is -2.47. The monoisotopic (exact) mass is 433 g/mol. The Balaban J connectivity index is 0.00000264. The molecule has 2 rings (SSSR count). The Hall–Kier alpha value is -1.02. The van der Waals surface area contributed by atoms with Crippen LogP contribution in [0, 0.1) is 0 Å². The van der Waals surface area contributed by atoms with E-state index in [2.05, 4.69) is 24.1 Å². The minimum absolute atomic E-state index is 0. The van der Waals surface area contributed by atoms with Gasteiger partial charge in [-0.05, 0) is 44.4 Å². The highest BCUT2D eigenvalue weighted by molar-refractivity contribution is 14.0. The maximum atomic E-state index is 9.32. The van der Waals surface area contributed by atoms with Gasteiger partial charge < -0.3 is 20.1 Å². The van der Waals surface area contributed by atoms with E-state index in [-0.39, 0.29) is 29.7 Å². The summed E-state index contributed by atoms with van der Waals surface area (Å²) >= 11 is 0. The number of guanidine groups is 1. The van der Waals surface area contributed by atoms with E-state index in [9.17, 15) is 5.11 Å². The first-order valence-electron chi connectivity index (χ1n) is 8.15. The number of halogens is 1. The van der Waals surface area contributed by atoms with E-state index in [1.165, 1.54) is 0 Å². The molecule has 1 aliphatic heterocycles. The van der Waals surface area contributed by atoms with E-state index < -0.39 is 0 Å². The molecule has 1 aromatic rings. The number of aromatic hydroxyl groups is 1. The van der Waals surface area contributed by atoms with Crippen LogP contribution in [0.25, 0.3) is 0 Å². The molecule has 6 heteroatoms. The normalized spacial score (nSPS) is 16.1. The number of likely N-dealkylation sites (tertiary alicyclic amines) is 1. The minimum Gasteiger partial charge on any atom is -0.508 e. The van der Waals surface area contributed by atoms with Gasteiger partial charge in [0.1, 0.15) is 5.75 Å². The number of nitrogens with one attached hydrogen (secondary N) is 1. The van der Waals surface area contributed by atoms with Gasteiger partial charge in [-0.2, -0.15) is 0 Å². The summed E-state index contributed by atoms with van der Waals surface area (Å²) in [6, 6.07) is 7.21. The second kappa shape index (κ2) is 10.7. The van der Waals surface area contributed by atoms with Crippen LogP contribution in [-0.2, 0) is 11.3 Å². The van der Waals surface area contributed by atoms with Gasteiger partial charge in [-0.3, -0.25) is 0 Å². The third-order valence-electron chi connectivity index (χ3n) is 3.83. The molecule has 130 valence electrons. The van der Waals surface area contributed by atoms with Crippen LogP contribution >= 0.6 is 24.0 Å². The predicted octanol–water partition coefficient (Wildman–Crippen LogP) is 2.98. The molecular weight excluding hydrogens is 405 g/mol. The van der Waals surface area contributed by atoms with Crippen molar-refractivity contribution in [1.29, 1.82) is 0 Å². The van der Waals surface area contributed by atoms with Gasteiger partial charge in [0.15, 0.2) is 5.96 Å². The maximum absolute atomic E-state index is 9.32. The fourth-order valence-corrected chi connectivity index (χ4v) is 2.66. The Morgan fingerprint density at radius 1 is 1.26 bits per heavy atom. The highest BCUT2D eigenvalue weighted by Crippen LogP contribution is 2.15. The maximum Gasteiger partial charge on any atom is 0.194 e. The number of aliphatic imine (C=N–C) groups is 1. The van der Waals surface area contributed by atoms with Gasteiger partial charge in [-0.1, -0.05) is 12.1 Å². The minimum atomic E-state index is 0. The zero-order chi connectivity index (χ0) is 15.8. The molecule has 1 saturated heterocycles. The van der Waals surface area contributed by atoms with Gasteiger partial charge in [-0.15, -0.1) is 24.0 Å². The van der Waals surface area contributed by atoms with Crippen molar-refractivity contribution in [1.82, 2.24) is 10.2 Å². The second-order valence-electron chi connectivity index (χ2n) is 5.48. The first kappa shape index (κ1) is 20.0. The molecule has 0 unspecified atom stereocenters. The lowest BCUT2D eigenvalue weighted by Gasteiger charge is -2.34. The zero-order valence-corrected chi connectivity index (χ0v) is 16.3. The molecule has 0 radical (unpaired) electrons. The number of rotatable bonds is 5. The third-order valence-corrected chi connectivity index (χ3v) is 3.83. The highest BCUT2D eigenvalue weighted by Gasteiger charge is 2.21. The highest BCUT2D eigenvalue weighted by atomic mass is 127. The quantitative estimate of drug-likeness (QED) is 0.426. The van der Waals surface area contributed by atoms with E-state index in [0.717, 1.165) is 50.6 Å². The van der Waals surface area contributed by atoms with Crippen molar-refractivity contribution in [2.45, 2.75) is 39.3 Å². The summed E-state index contributed by atoms with van der Waals surface area (Å²) in [7, 11) is 0. The van der Waals surface area contributed by atoms with Gasteiger partial charge >= 0.3 is 0 Å². The van der Waals surface area contributed by atoms with Crippen molar-refractivity contribution in [3.63, 3.8) is 0 Å². The first-order chi connectivity index (χ1) is 10.7. The van der Waals surface area contributed by atoms with Crippen LogP contribution in [-0.4, -0.2) is 48.3 Å². The summed E-state index contributed by atoms with van der Waals surface area (Å²) in [5.41, 5.74) is 1.09. The van der Waals surface area contributed by atoms with Crippen LogP contribution in [0.5, 0.6) is 5.75 Å². The molecule has 0 bridgehead atoms. The molecular formula is C17H28IN3O2. The largest absolute Gasteiger partial charge is 0.508 e. The molecule has 5 nitrogen and oxygen atoms in total. The molecule has 23 heavy (non-hydrogen) atoms. The Bertz CT molecular complexity index is 471. The van der Waals surface area contributed by atoms with Gasteiger partial charge in [0.05, 0.1) is 12.6 Å². The smallest absolute Gasteiger partial charge is 0.194 e. The molecule has 1 fully saturated rings. The third kappa shape index (κ3) is 6.55. The summed E-state index contributed by atoms with van der Waals surface area (Å²) in [4.78, 5) is 7.02. The Morgan fingerprint density at radius 3 is 2.48 bits per heavy atom. The molecule has 1 heterocycles. The van der Waals surface area contributed by atoms with Crippen LogP contribution in [0.15, 0.2) is 29.3 Å². The lowest BCUT2D eigenvalue weighted by atomic mass is 10.1. The molecule has 0 spiro atoms. The molecule has 0 atom stereocenters. The van der Waals surface area contributed by atoms with Crippen LogP contribution < -0.4 is 5.32 Å². The van der Waals surface area contributed by atoms with E-state index in [0.29, 0.717) is 12.6 Å². The Morgan fingerprint density at radius 2 is 1.91 bits per heavy atom. The molecule has 1 aliphatic rings. The molecule has 2 N–H and O–H groups in total. The summed E-state index contributed by atoms with van der Waals surface area (Å²) in [6.07, 6.45) is 2.50. The zero-order valence-electron chi connectivity index (χ0n) is 14.0. The van der Waals surface area contributed by atoms with Gasteiger partial charge in [0.2, 0.25) is 0 Å². The topological polar surface area (TPSA) is 57.1 Å². The van der Waals surface area contributed by atoms with Gasteiger partial charge in [-0.25, -0.2) is 4.99 Å². The van der Waals surface area contributed by atoms with E-state index in [4.69, 9.17) is 9.73 Å². The predicted molar refractivity (Wildman–Crippen MR) is 105 cm³/mol. The van der Waals surface area contributed by atoms with Crippen LogP contribution in [0.2, 0.25) is 0 Å². The molecule has 0 aromatic heterocycles. The standard InChI is InChI=1S/C17H27N3O2.HI/c1-3-18-17(19-13-14-5-7-15(21)8-6-14)20-11-9-16(10-12-20)22-4-2;/h5-8,16,21H,3-4,9-13H2,1-2H3,(H,18,19);1H. The fourth-order valence-electron chi connectivity index (χ4n) is 2.66. The second-order valence-corrected chi connectivity index (χ2v) is 5.48. The van der Waals surface area contributed by atoms with Crippen molar-refractivity contribution >= 4 is 29.9 Å².